The molecule has 112 valence electrons. The molecule has 1 aromatic rings. The minimum Gasteiger partial charge on any atom is -0.377 e. The van der Waals surface area contributed by atoms with E-state index in [1.807, 2.05) is 0 Å². The van der Waals surface area contributed by atoms with E-state index < -0.39 is 11.7 Å². The Morgan fingerprint density at radius 2 is 2.14 bits per heavy atom. The number of anilines is 1. The van der Waals surface area contributed by atoms with Crippen molar-refractivity contribution in [1.29, 1.82) is 5.26 Å². The molecule has 1 saturated carbocycles. The maximum Gasteiger partial charge on any atom is 0.416 e. The Morgan fingerprint density at radius 3 is 2.81 bits per heavy atom. The van der Waals surface area contributed by atoms with Crippen LogP contribution in [0.3, 0.4) is 0 Å². The first-order valence-electron chi connectivity index (χ1n) is 6.67. The second-order valence-electron chi connectivity index (χ2n) is 5.41. The van der Waals surface area contributed by atoms with E-state index in [4.69, 9.17) is 15.7 Å². The molecule has 21 heavy (non-hydrogen) atoms. The fourth-order valence-corrected chi connectivity index (χ4v) is 3.05. The van der Waals surface area contributed by atoms with Gasteiger partial charge in [0.15, 0.2) is 0 Å². The fraction of sp³-hybridized carbons (Fsp3) is 0.500. The summed E-state index contributed by atoms with van der Waals surface area (Å²) in [5.41, 5.74) is 5.52. The zero-order valence-electron chi connectivity index (χ0n) is 11.0. The molecule has 4 nitrogen and oxygen atoms in total. The number of hydrogen-bond acceptors (Lipinski definition) is 4. The van der Waals surface area contributed by atoms with Crippen molar-refractivity contribution in [2.45, 2.75) is 30.8 Å². The standard InChI is InChI=1S/C14H14F3N3O/c15-14(16,17)8-1-2-10(7(5-8)6-18)20-12-11(19)9-3-4-21-13(9)12/h1-2,5,9,11-13,20H,3-4,19H2. The van der Waals surface area contributed by atoms with Crippen molar-refractivity contribution in [3.05, 3.63) is 29.3 Å². The Morgan fingerprint density at radius 1 is 1.38 bits per heavy atom. The van der Waals surface area contributed by atoms with Gasteiger partial charge in [-0.2, -0.15) is 18.4 Å². The maximum atomic E-state index is 12.6. The lowest BCUT2D eigenvalue weighted by molar-refractivity contribution is -0.137. The highest BCUT2D eigenvalue weighted by atomic mass is 19.4. The minimum atomic E-state index is -4.46. The first-order chi connectivity index (χ1) is 9.91. The van der Waals surface area contributed by atoms with E-state index >= 15 is 0 Å². The number of nitrogens with one attached hydrogen (secondary N) is 1. The van der Waals surface area contributed by atoms with Crippen molar-refractivity contribution in [1.82, 2.24) is 0 Å². The number of ether oxygens (including phenoxy) is 1. The molecule has 0 bridgehead atoms. The molecule has 3 N–H and O–H groups in total. The molecule has 2 fully saturated rings. The van der Waals surface area contributed by atoms with Crippen LogP contribution in [0, 0.1) is 17.2 Å². The van der Waals surface area contributed by atoms with Crippen LogP contribution in [0.5, 0.6) is 0 Å². The van der Waals surface area contributed by atoms with Crippen LogP contribution in [0.15, 0.2) is 18.2 Å². The number of benzene rings is 1. The summed E-state index contributed by atoms with van der Waals surface area (Å²) >= 11 is 0. The van der Waals surface area contributed by atoms with Crippen molar-refractivity contribution < 1.29 is 17.9 Å². The lowest BCUT2D eigenvalue weighted by Gasteiger charge is -2.46. The van der Waals surface area contributed by atoms with Gasteiger partial charge in [-0.1, -0.05) is 0 Å². The van der Waals surface area contributed by atoms with Crippen molar-refractivity contribution in [3.63, 3.8) is 0 Å². The Hall–Kier alpha value is -1.78. The van der Waals surface area contributed by atoms with E-state index in [0.29, 0.717) is 18.2 Å². The lowest BCUT2D eigenvalue weighted by atomic mass is 9.72. The van der Waals surface area contributed by atoms with Crippen molar-refractivity contribution in [2.24, 2.45) is 11.7 Å². The molecular weight excluding hydrogens is 283 g/mol. The molecule has 7 heteroatoms. The number of halogens is 3. The SMILES string of the molecule is N#Cc1cc(C(F)(F)F)ccc1NC1C(N)C2CCOC21. The Balaban J connectivity index is 1.82. The summed E-state index contributed by atoms with van der Waals surface area (Å²) in [5.74, 6) is 0.294. The van der Waals surface area contributed by atoms with Gasteiger partial charge in [-0.25, -0.2) is 0 Å². The van der Waals surface area contributed by atoms with Crippen LogP contribution in [0.2, 0.25) is 0 Å². The predicted molar refractivity (Wildman–Crippen MR) is 69.4 cm³/mol. The van der Waals surface area contributed by atoms with Gasteiger partial charge in [-0.05, 0) is 24.6 Å². The maximum absolute atomic E-state index is 12.6. The largest absolute Gasteiger partial charge is 0.416 e. The van der Waals surface area contributed by atoms with Gasteiger partial charge in [0.1, 0.15) is 6.07 Å². The highest BCUT2D eigenvalue weighted by molar-refractivity contribution is 5.60. The molecule has 1 aliphatic heterocycles. The molecule has 1 heterocycles. The first kappa shape index (κ1) is 14.2. The van der Waals surface area contributed by atoms with E-state index in [1.54, 1.807) is 6.07 Å². The molecule has 0 aromatic heterocycles. The zero-order chi connectivity index (χ0) is 15.2. The molecule has 2 aliphatic rings. The molecule has 4 atom stereocenters. The Kier molecular flexibility index (Phi) is 3.30. The number of nitriles is 1. The predicted octanol–water partition coefficient (Wildman–Crippen LogP) is 2.10. The van der Waals surface area contributed by atoms with E-state index in [9.17, 15) is 13.2 Å². The van der Waals surface area contributed by atoms with Crippen LogP contribution < -0.4 is 11.1 Å². The van der Waals surface area contributed by atoms with Gasteiger partial charge in [-0.3, -0.25) is 0 Å². The highest BCUT2D eigenvalue weighted by Gasteiger charge is 2.52. The third-order valence-corrected chi connectivity index (χ3v) is 4.24. The summed E-state index contributed by atoms with van der Waals surface area (Å²) < 4.78 is 43.5. The Labute approximate surface area is 119 Å². The summed E-state index contributed by atoms with van der Waals surface area (Å²) in [6.07, 6.45) is -3.58. The van der Waals surface area contributed by atoms with Crippen LogP contribution in [0.1, 0.15) is 17.5 Å². The molecule has 1 saturated heterocycles. The molecule has 0 amide bonds. The third-order valence-electron chi connectivity index (χ3n) is 4.24. The van der Waals surface area contributed by atoms with Crippen molar-refractivity contribution >= 4 is 5.69 Å². The number of hydrogen-bond donors (Lipinski definition) is 2. The molecule has 0 radical (unpaired) electrons. The van der Waals surface area contributed by atoms with E-state index in [-0.39, 0.29) is 23.8 Å². The molecule has 1 aliphatic carbocycles. The average molecular weight is 297 g/mol. The second-order valence-corrected chi connectivity index (χ2v) is 5.41. The van der Waals surface area contributed by atoms with Gasteiger partial charge in [0.05, 0.1) is 29.0 Å². The van der Waals surface area contributed by atoms with Crippen LogP contribution >= 0.6 is 0 Å². The van der Waals surface area contributed by atoms with Gasteiger partial charge >= 0.3 is 6.18 Å². The quantitative estimate of drug-likeness (QED) is 0.877. The van der Waals surface area contributed by atoms with Gasteiger partial charge in [0.2, 0.25) is 0 Å². The zero-order valence-corrected chi connectivity index (χ0v) is 11.0. The number of fused-ring (bicyclic) bond motifs is 1. The van der Waals surface area contributed by atoms with Crippen molar-refractivity contribution in [3.8, 4) is 6.07 Å². The van der Waals surface area contributed by atoms with Gasteiger partial charge in [-0.15, -0.1) is 0 Å². The van der Waals surface area contributed by atoms with Crippen LogP contribution in [0.4, 0.5) is 18.9 Å². The monoisotopic (exact) mass is 297 g/mol. The van der Waals surface area contributed by atoms with Crippen molar-refractivity contribution in [2.75, 3.05) is 11.9 Å². The van der Waals surface area contributed by atoms with Crippen LogP contribution in [0.25, 0.3) is 0 Å². The summed E-state index contributed by atoms with van der Waals surface area (Å²) in [7, 11) is 0. The minimum absolute atomic E-state index is 0.0196. The number of nitrogens with zero attached hydrogens (tertiary/aromatic N) is 1. The molecule has 3 rings (SSSR count). The molecule has 0 spiro atoms. The lowest BCUT2D eigenvalue weighted by Crippen LogP contribution is -2.65. The van der Waals surface area contributed by atoms with E-state index in [2.05, 4.69) is 5.32 Å². The second kappa shape index (κ2) is 4.90. The number of nitrogens with two attached hydrogens (primary N) is 1. The van der Waals surface area contributed by atoms with Gasteiger partial charge in [0.25, 0.3) is 0 Å². The summed E-state index contributed by atoms with van der Waals surface area (Å²) in [6, 6.07) is 4.60. The number of alkyl halides is 3. The number of rotatable bonds is 2. The summed E-state index contributed by atoms with van der Waals surface area (Å²) in [5, 5.41) is 12.1. The summed E-state index contributed by atoms with van der Waals surface area (Å²) in [4.78, 5) is 0. The van der Waals surface area contributed by atoms with Gasteiger partial charge in [0, 0.05) is 18.6 Å². The summed E-state index contributed by atoms with van der Waals surface area (Å²) in [6.45, 7) is 0.652. The highest BCUT2D eigenvalue weighted by Crippen LogP contribution is 2.40. The first-order valence-corrected chi connectivity index (χ1v) is 6.67. The van der Waals surface area contributed by atoms with Gasteiger partial charge < -0.3 is 15.8 Å². The normalized spacial score (nSPS) is 31.2. The fourth-order valence-electron chi connectivity index (χ4n) is 3.05. The van der Waals surface area contributed by atoms with Crippen LogP contribution in [-0.2, 0) is 10.9 Å². The topological polar surface area (TPSA) is 71.1 Å². The molecule has 1 aromatic carbocycles. The average Bonchev–Trinajstić information content (AvgIpc) is 2.88. The third kappa shape index (κ3) is 2.34. The smallest absolute Gasteiger partial charge is 0.377 e. The molecular formula is C14H14F3N3O. The molecule has 4 unspecified atom stereocenters. The Bertz CT molecular complexity index is 596. The van der Waals surface area contributed by atoms with E-state index in [1.165, 1.54) is 6.07 Å². The van der Waals surface area contributed by atoms with E-state index in [0.717, 1.165) is 18.6 Å². The van der Waals surface area contributed by atoms with Crippen LogP contribution in [-0.4, -0.2) is 24.8 Å².